The molecular weight excluding hydrogens is 434 g/mol. The van der Waals surface area contributed by atoms with Crippen molar-refractivity contribution in [1.29, 1.82) is 0 Å². The highest BCUT2D eigenvalue weighted by Crippen LogP contribution is 2.28. The maximum Gasteiger partial charge on any atom is 0.332 e. The van der Waals surface area contributed by atoms with Gasteiger partial charge in [-0.25, -0.2) is 18.1 Å². The molecule has 1 atom stereocenters. The van der Waals surface area contributed by atoms with Crippen molar-refractivity contribution in [3.05, 3.63) is 60.2 Å². The molecule has 166 valence electrons. The Hall–Kier alpha value is -3.53. The van der Waals surface area contributed by atoms with Crippen LogP contribution in [0.3, 0.4) is 0 Å². The Morgan fingerprint density at radius 3 is 2.25 bits per heavy atom. The van der Waals surface area contributed by atoms with E-state index in [1.807, 2.05) is 0 Å². The molecule has 2 heterocycles. The van der Waals surface area contributed by atoms with Gasteiger partial charge in [0, 0.05) is 18.7 Å². The first-order valence-corrected chi connectivity index (χ1v) is 11.7. The normalized spacial score (nSPS) is 18.7. The third-order valence-electron chi connectivity index (χ3n) is 5.62. The molecule has 0 N–H and O–H groups in total. The molecule has 4 rings (SSSR count). The number of carbonyl (C=O) groups is 4. The largest absolute Gasteiger partial charge is 0.337 e. The second-order valence-electron chi connectivity index (χ2n) is 7.68. The number of fused-ring (bicyclic) bond motifs is 1. The lowest BCUT2D eigenvalue weighted by molar-refractivity contribution is -0.132. The van der Waals surface area contributed by atoms with Crippen LogP contribution in [0.2, 0.25) is 0 Å². The molecule has 0 saturated carbocycles. The fourth-order valence-corrected chi connectivity index (χ4v) is 5.12. The number of amides is 4. The predicted octanol–water partition coefficient (Wildman–Crippen LogP) is 1.34. The van der Waals surface area contributed by atoms with Gasteiger partial charge in [-0.15, -0.1) is 0 Å². The Morgan fingerprint density at radius 2 is 1.62 bits per heavy atom. The molecule has 0 spiro atoms. The van der Waals surface area contributed by atoms with Gasteiger partial charge in [0.25, 0.3) is 5.91 Å². The minimum absolute atomic E-state index is 0.0549. The molecule has 4 amide bonds. The van der Waals surface area contributed by atoms with E-state index in [1.54, 1.807) is 30.3 Å². The lowest BCUT2D eigenvalue weighted by Gasteiger charge is -2.35. The third-order valence-corrected chi connectivity index (χ3v) is 7.24. The van der Waals surface area contributed by atoms with Crippen LogP contribution >= 0.6 is 0 Å². The van der Waals surface area contributed by atoms with Crippen molar-refractivity contribution < 1.29 is 27.6 Å². The van der Waals surface area contributed by atoms with Gasteiger partial charge in [0.2, 0.25) is 5.91 Å². The smallest absolute Gasteiger partial charge is 0.332 e. The zero-order chi connectivity index (χ0) is 23.0. The summed E-state index contributed by atoms with van der Waals surface area (Å²) in [5.41, 5.74) is 0.797. The van der Waals surface area contributed by atoms with E-state index in [9.17, 15) is 27.6 Å². The van der Waals surface area contributed by atoms with Gasteiger partial charge in [-0.2, -0.15) is 0 Å². The number of urea groups is 1. The monoisotopic (exact) mass is 455 g/mol. The maximum atomic E-state index is 13.0. The van der Waals surface area contributed by atoms with Crippen molar-refractivity contribution in [1.82, 2.24) is 9.80 Å². The van der Waals surface area contributed by atoms with Gasteiger partial charge >= 0.3 is 6.03 Å². The van der Waals surface area contributed by atoms with Gasteiger partial charge in [-0.3, -0.25) is 14.4 Å². The van der Waals surface area contributed by atoms with E-state index in [1.165, 1.54) is 41.0 Å². The summed E-state index contributed by atoms with van der Waals surface area (Å²) in [5, 5.41) is 0. The van der Waals surface area contributed by atoms with Crippen LogP contribution in [0.4, 0.5) is 10.5 Å². The Morgan fingerprint density at radius 1 is 0.969 bits per heavy atom. The summed E-state index contributed by atoms with van der Waals surface area (Å²) >= 11 is 0. The summed E-state index contributed by atoms with van der Waals surface area (Å²) < 4.78 is 25.1. The zero-order valence-corrected chi connectivity index (χ0v) is 18.1. The second-order valence-corrected chi connectivity index (χ2v) is 9.67. The van der Waals surface area contributed by atoms with Crippen molar-refractivity contribution in [2.24, 2.45) is 0 Å². The summed E-state index contributed by atoms with van der Waals surface area (Å²) in [7, 11) is -3.81. The van der Waals surface area contributed by atoms with E-state index in [0.29, 0.717) is 11.3 Å². The van der Waals surface area contributed by atoms with E-state index in [4.69, 9.17) is 0 Å². The molecule has 2 aliphatic heterocycles. The van der Waals surface area contributed by atoms with Crippen molar-refractivity contribution in [2.45, 2.75) is 17.9 Å². The van der Waals surface area contributed by atoms with Gasteiger partial charge in [-0.1, -0.05) is 18.2 Å². The number of benzene rings is 2. The highest BCUT2D eigenvalue weighted by molar-refractivity contribution is 7.92. The van der Waals surface area contributed by atoms with E-state index in [0.717, 1.165) is 4.90 Å². The Balaban J connectivity index is 1.49. The lowest BCUT2D eigenvalue weighted by atomic mass is 10.1. The van der Waals surface area contributed by atoms with Crippen LogP contribution in [0.1, 0.15) is 17.3 Å². The Kier molecular flexibility index (Phi) is 5.55. The van der Waals surface area contributed by atoms with E-state index >= 15 is 0 Å². The standard InChI is InChI=1S/C22H21N3O6S/c1-15(26)16-7-9-17(10-8-16)25-21(28)19-13-23(11-12-24(19)22(25)29)20(27)14-32(30,31)18-5-3-2-4-6-18/h2-10,19H,11-14H2,1H3. The molecule has 1 unspecified atom stereocenters. The number of anilines is 1. The quantitative estimate of drug-likeness (QED) is 0.497. The van der Waals surface area contributed by atoms with Crippen LogP contribution in [0.15, 0.2) is 59.5 Å². The average molecular weight is 455 g/mol. The summed E-state index contributed by atoms with van der Waals surface area (Å²) in [4.78, 5) is 53.8. The minimum atomic E-state index is -3.81. The molecule has 0 bridgehead atoms. The zero-order valence-electron chi connectivity index (χ0n) is 17.3. The first-order chi connectivity index (χ1) is 15.2. The number of rotatable bonds is 5. The Bertz CT molecular complexity index is 1190. The molecule has 0 aliphatic carbocycles. The number of hydrogen-bond donors (Lipinski definition) is 0. The van der Waals surface area contributed by atoms with Crippen molar-refractivity contribution in [3.63, 3.8) is 0 Å². The fourth-order valence-electron chi connectivity index (χ4n) is 3.87. The van der Waals surface area contributed by atoms with E-state index < -0.39 is 39.5 Å². The number of nitrogens with zero attached hydrogens (tertiary/aromatic N) is 3. The average Bonchev–Trinajstić information content (AvgIpc) is 3.03. The number of piperazine rings is 1. The number of Topliss-reactive ketones (excluding diaryl/α,β-unsaturated/α-hetero) is 1. The van der Waals surface area contributed by atoms with Crippen LogP contribution < -0.4 is 4.90 Å². The van der Waals surface area contributed by atoms with Gasteiger partial charge in [0.15, 0.2) is 15.6 Å². The molecule has 2 aliphatic rings. The summed E-state index contributed by atoms with van der Waals surface area (Å²) in [5.74, 6) is -1.94. The van der Waals surface area contributed by atoms with Crippen LogP contribution in [0.25, 0.3) is 0 Å². The van der Waals surface area contributed by atoms with Gasteiger partial charge in [0.1, 0.15) is 11.8 Å². The third kappa shape index (κ3) is 3.89. The molecule has 2 fully saturated rings. The molecule has 2 saturated heterocycles. The number of hydrogen-bond acceptors (Lipinski definition) is 6. The molecule has 32 heavy (non-hydrogen) atoms. The molecule has 10 heteroatoms. The van der Waals surface area contributed by atoms with Crippen molar-refractivity contribution in [3.8, 4) is 0 Å². The SMILES string of the molecule is CC(=O)c1ccc(N2C(=O)C3CN(C(=O)CS(=O)(=O)c4ccccc4)CCN3C2=O)cc1. The molecule has 0 aromatic heterocycles. The number of sulfone groups is 1. The maximum absolute atomic E-state index is 13.0. The molecular formula is C22H21N3O6S. The van der Waals surface area contributed by atoms with Crippen molar-refractivity contribution in [2.75, 3.05) is 30.3 Å². The Labute approximate surface area is 185 Å². The highest BCUT2D eigenvalue weighted by Gasteiger charge is 2.49. The summed E-state index contributed by atoms with van der Waals surface area (Å²) in [6.07, 6.45) is 0. The van der Waals surface area contributed by atoms with Crippen LogP contribution in [-0.4, -0.2) is 73.3 Å². The predicted molar refractivity (Wildman–Crippen MR) is 115 cm³/mol. The van der Waals surface area contributed by atoms with Crippen LogP contribution in [0.5, 0.6) is 0 Å². The minimum Gasteiger partial charge on any atom is -0.337 e. The van der Waals surface area contributed by atoms with E-state index in [2.05, 4.69) is 0 Å². The summed E-state index contributed by atoms with van der Waals surface area (Å²) in [6, 6.07) is 12.5. The molecule has 9 nitrogen and oxygen atoms in total. The van der Waals surface area contributed by atoms with Crippen LogP contribution in [-0.2, 0) is 19.4 Å². The van der Waals surface area contributed by atoms with Crippen molar-refractivity contribution >= 4 is 39.2 Å². The molecule has 2 aromatic carbocycles. The van der Waals surface area contributed by atoms with E-state index in [-0.39, 0.29) is 30.3 Å². The second kappa shape index (κ2) is 8.19. The number of carbonyl (C=O) groups excluding carboxylic acids is 4. The van der Waals surface area contributed by atoms with Gasteiger partial charge in [0.05, 0.1) is 17.1 Å². The number of ketones is 1. The van der Waals surface area contributed by atoms with Crippen LogP contribution in [0, 0.1) is 0 Å². The topological polar surface area (TPSA) is 112 Å². The number of imide groups is 1. The molecule has 2 aromatic rings. The first-order valence-electron chi connectivity index (χ1n) is 10.0. The summed E-state index contributed by atoms with van der Waals surface area (Å²) in [6.45, 7) is 1.60. The first kappa shape index (κ1) is 21.7. The van der Waals surface area contributed by atoms with Gasteiger partial charge in [-0.05, 0) is 43.3 Å². The lowest BCUT2D eigenvalue weighted by Crippen LogP contribution is -2.55. The molecule has 0 radical (unpaired) electrons. The highest BCUT2D eigenvalue weighted by atomic mass is 32.2. The fraction of sp³-hybridized carbons (Fsp3) is 0.273. The van der Waals surface area contributed by atoms with Gasteiger partial charge < -0.3 is 9.80 Å².